The summed E-state index contributed by atoms with van der Waals surface area (Å²) in [4.78, 5) is 11.9. The van der Waals surface area contributed by atoms with Crippen LogP contribution in [-0.2, 0) is 17.8 Å². The van der Waals surface area contributed by atoms with Crippen LogP contribution < -0.4 is 0 Å². The number of para-hydroxylation sites is 1. The van der Waals surface area contributed by atoms with E-state index in [1.807, 2.05) is 37.3 Å². The number of aliphatic carboxylic acids is 1. The third-order valence-corrected chi connectivity index (χ3v) is 5.42. The molecule has 28 heavy (non-hydrogen) atoms. The van der Waals surface area contributed by atoms with Gasteiger partial charge in [0.2, 0.25) is 5.89 Å². The van der Waals surface area contributed by atoms with E-state index in [4.69, 9.17) is 4.42 Å². The van der Waals surface area contributed by atoms with E-state index < -0.39 is 5.97 Å². The zero-order valence-corrected chi connectivity index (χ0v) is 16.4. The van der Waals surface area contributed by atoms with Crippen molar-refractivity contribution < 1.29 is 14.3 Å². The van der Waals surface area contributed by atoms with E-state index in [1.54, 1.807) is 6.08 Å². The molecule has 0 aliphatic heterocycles. The SMILES string of the molecule is CCc1nnc(S/C(=C\c2ccc3c(c2)c2ccccc2n3CC)C(=O)O)o1. The second-order valence-corrected chi connectivity index (χ2v) is 7.26. The van der Waals surface area contributed by atoms with E-state index >= 15 is 0 Å². The number of carboxylic acids is 1. The predicted molar refractivity (Wildman–Crippen MR) is 110 cm³/mol. The molecule has 0 aliphatic rings. The standard InChI is InChI=1S/C21H19N3O3S/c1-3-19-22-23-21(27-19)28-18(20(25)26)12-13-9-10-17-15(11-13)14-7-5-6-8-16(14)24(17)4-2/h5-12H,3-4H2,1-2H3,(H,25,26)/b18-12-. The van der Waals surface area contributed by atoms with Gasteiger partial charge in [-0.15, -0.1) is 10.2 Å². The Kier molecular flexibility index (Phi) is 4.92. The lowest BCUT2D eigenvalue weighted by molar-refractivity contribution is -0.131. The number of carboxylic acid groups (broad SMARTS) is 1. The maximum absolute atomic E-state index is 11.7. The molecule has 0 amide bonds. The summed E-state index contributed by atoms with van der Waals surface area (Å²) in [6.07, 6.45) is 2.25. The molecule has 0 saturated heterocycles. The Hall–Kier alpha value is -3.06. The van der Waals surface area contributed by atoms with Crippen LogP contribution in [0.3, 0.4) is 0 Å². The Morgan fingerprint density at radius 3 is 2.64 bits per heavy atom. The van der Waals surface area contributed by atoms with Gasteiger partial charge in [-0.25, -0.2) is 4.79 Å². The van der Waals surface area contributed by atoms with E-state index in [0.29, 0.717) is 12.3 Å². The highest BCUT2D eigenvalue weighted by molar-refractivity contribution is 8.03. The highest BCUT2D eigenvalue weighted by Crippen LogP contribution is 2.32. The zero-order valence-electron chi connectivity index (χ0n) is 15.5. The van der Waals surface area contributed by atoms with E-state index in [0.717, 1.165) is 40.2 Å². The van der Waals surface area contributed by atoms with Crippen LogP contribution in [0.25, 0.3) is 27.9 Å². The van der Waals surface area contributed by atoms with E-state index in [2.05, 4.69) is 33.8 Å². The number of rotatable bonds is 6. The molecule has 4 aromatic rings. The smallest absolute Gasteiger partial charge is 0.342 e. The first-order chi connectivity index (χ1) is 13.6. The second-order valence-electron chi connectivity index (χ2n) is 6.27. The van der Waals surface area contributed by atoms with Gasteiger partial charge in [-0.3, -0.25) is 0 Å². The van der Waals surface area contributed by atoms with Crippen molar-refractivity contribution >= 4 is 45.6 Å². The van der Waals surface area contributed by atoms with Crippen molar-refractivity contribution in [2.24, 2.45) is 0 Å². The molecule has 2 heterocycles. The van der Waals surface area contributed by atoms with Crippen LogP contribution in [0.1, 0.15) is 25.3 Å². The Morgan fingerprint density at radius 2 is 1.93 bits per heavy atom. The molecule has 0 aliphatic carbocycles. The fourth-order valence-electron chi connectivity index (χ4n) is 3.30. The summed E-state index contributed by atoms with van der Waals surface area (Å²) in [5, 5.41) is 19.9. The summed E-state index contributed by atoms with van der Waals surface area (Å²) in [6, 6.07) is 14.2. The summed E-state index contributed by atoms with van der Waals surface area (Å²) >= 11 is 0.963. The molecule has 7 heteroatoms. The molecule has 0 atom stereocenters. The van der Waals surface area contributed by atoms with Crippen LogP contribution in [0.15, 0.2) is 57.0 Å². The average molecular weight is 393 g/mol. The number of benzene rings is 2. The molecule has 0 radical (unpaired) electrons. The summed E-state index contributed by atoms with van der Waals surface area (Å²) in [5.74, 6) is -0.543. The quantitative estimate of drug-likeness (QED) is 0.368. The lowest BCUT2D eigenvalue weighted by Gasteiger charge is -2.03. The van der Waals surface area contributed by atoms with Crippen molar-refractivity contribution in [1.82, 2.24) is 14.8 Å². The normalized spacial score (nSPS) is 12.1. The molecule has 0 unspecified atom stereocenters. The Labute approximate surface area is 165 Å². The van der Waals surface area contributed by atoms with Crippen molar-refractivity contribution in [1.29, 1.82) is 0 Å². The van der Waals surface area contributed by atoms with Gasteiger partial charge in [0.1, 0.15) is 4.91 Å². The van der Waals surface area contributed by atoms with Crippen molar-refractivity contribution in [2.75, 3.05) is 0 Å². The Bertz CT molecular complexity index is 1210. The van der Waals surface area contributed by atoms with Crippen LogP contribution in [0.4, 0.5) is 0 Å². The number of aromatic nitrogens is 3. The van der Waals surface area contributed by atoms with Gasteiger partial charge in [-0.05, 0) is 48.5 Å². The zero-order chi connectivity index (χ0) is 19.7. The highest BCUT2D eigenvalue weighted by Gasteiger charge is 2.15. The third kappa shape index (κ3) is 3.29. The predicted octanol–water partition coefficient (Wildman–Crippen LogP) is 4.98. The van der Waals surface area contributed by atoms with E-state index in [9.17, 15) is 9.90 Å². The van der Waals surface area contributed by atoms with E-state index in [1.165, 1.54) is 5.52 Å². The van der Waals surface area contributed by atoms with Gasteiger partial charge in [0.15, 0.2) is 0 Å². The summed E-state index contributed by atoms with van der Waals surface area (Å²) in [5.41, 5.74) is 3.12. The molecule has 2 aromatic heterocycles. The van der Waals surface area contributed by atoms with Crippen LogP contribution in [-0.4, -0.2) is 25.8 Å². The topological polar surface area (TPSA) is 81.2 Å². The molecule has 0 fully saturated rings. The van der Waals surface area contributed by atoms with Crippen molar-refractivity contribution in [2.45, 2.75) is 32.0 Å². The van der Waals surface area contributed by atoms with Crippen LogP contribution in [0.5, 0.6) is 0 Å². The minimum atomic E-state index is -1.03. The maximum Gasteiger partial charge on any atom is 0.342 e. The molecule has 142 valence electrons. The number of thioether (sulfide) groups is 1. The maximum atomic E-state index is 11.7. The van der Waals surface area contributed by atoms with Gasteiger partial charge in [-0.2, -0.15) is 0 Å². The largest absolute Gasteiger partial charge is 0.477 e. The van der Waals surface area contributed by atoms with Crippen LogP contribution >= 0.6 is 11.8 Å². The minimum absolute atomic E-state index is 0.130. The molecule has 2 aromatic carbocycles. The van der Waals surface area contributed by atoms with E-state index in [-0.39, 0.29) is 10.1 Å². The molecule has 0 bridgehead atoms. The molecule has 0 spiro atoms. The van der Waals surface area contributed by atoms with Gasteiger partial charge < -0.3 is 14.1 Å². The Balaban J connectivity index is 1.78. The Morgan fingerprint density at radius 1 is 1.14 bits per heavy atom. The number of carbonyl (C=O) groups is 1. The van der Waals surface area contributed by atoms with Crippen molar-refractivity contribution in [3.05, 3.63) is 58.8 Å². The average Bonchev–Trinajstić information content (AvgIpc) is 3.29. The van der Waals surface area contributed by atoms with Gasteiger partial charge in [0.25, 0.3) is 5.22 Å². The van der Waals surface area contributed by atoms with Gasteiger partial charge in [0, 0.05) is 34.8 Å². The number of nitrogens with zero attached hydrogens (tertiary/aromatic N) is 3. The second kappa shape index (κ2) is 7.52. The summed E-state index contributed by atoms with van der Waals surface area (Å²) in [6.45, 7) is 4.89. The molecule has 4 rings (SSSR count). The van der Waals surface area contributed by atoms with Crippen molar-refractivity contribution in [3.8, 4) is 0 Å². The summed E-state index contributed by atoms with van der Waals surface area (Å²) < 4.78 is 7.69. The van der Waals surface area contributed by atoms with Gasteiger partial charge in [0.05, 0.1) is 0 Å². The monoisotopic (exact) mass is 393 g/mol. The number of hydrogen-bond acceptors (Lipinski definition) is 5. The minimum Gasteiger partial charge on any atom is -0.477 e. The lowest BCUT2D eigenvalue weighted by Crippen LogP contribution is -1.97. The molecule has 0 saturated carbocycles. The lowest BCUT2D eigenvalue weighted by atomic mass is 10.1. The number of aryl methyl sites for hydroxylation is 2. The van der Waals surface area contributed by atoms with Gasteiger partial charge in [-0.1, -0.05) is 31.2 Å². The first-order valence-electron chi connectivity index (χ1n) is 9.07. The van der Waals surface area contributed by atoms with Crippen molar-refractivity contribution in [3.63, 3.8) is 0 Å². The molecular weight excluding hydrogens is 374 g/mol. The fraction of sp³-hybridized carbons (Fsp3) is 0.190. The fourth-order valence-corrected chi connectivity index (χ4v) is 3.99. The molecule has 6 nitrogen and oxygen atoms in total. The molecule has 1 N–H and O–H groups in total. The first kappa shape index (κ1) is 18.3. The number of hydrogen-bond donors (Lipinski definition) is 1. The highest BCUT2D eigenvalue weighted by atomic mass is 32.2. The first-order valence-corrected chi connectivity index (χ1v) is 9.88. The van der Waals surface area contributed by atoms with Crippen LogP contribution in [0, 0.1) is 0 Å². The van der Waals surface area contributed by atoms with Gasteiger partial charge >= 0.3 is 5.97 Å². The van der Waals surface area contributed by atoms with Crippen LogP contribution in [0.2, 0.25) is 0 Å². The molecular formula is C21H19N3O3S. The summed E-state index contributed by atoms with van der Waals surface area (Å²) in [7, 11) is 0. The number of fused-ring (bicyclic) bond motifs is 3. The third-order valence-electron chi connectivity index (χ3n) is 4.57.